The van der Waals surface area contributed by atoms with E-state index in [1.807, 2.05) is 20.8 Å². The van der Waals surface area contributed by atoms with Crippen LogP contribution in [0, 0.1) is 0 Å². The first-order valence-corrected chi connectivity index (χ1v) is 7.07. The van der Waals surface area contributed by atoms with Crippen LogP contribution in [0.25, 0.3) is 0 Å². The molecular formula is C12H21N3O3S. The van der Waals surface area contributed by atoms with Crippen molar-refractivity contribution in [2.75, 3.05) is 13.1 Å². The fourth-order valence-electron chi connectivity index (χ4n) is 1.35. The molecule has 19 heavy (non-hydrogen) atoms. The first-order valence-electron chi connectivity index (χ1n) is 6.19. The van der Waals surface area contributed by atoms with Gasteiger partial charge in [0.1, 0.15) is 11.1 Å². The molecular weight excluding hydrogens is 266 g/mol. The SMILES string of the molecule is CC(C)(C)OC(=O)NCCCNC1NC=C(C=O)S1. The molecule has 1 rings (SSSR count). The van der Waals surface area contributed by atoms with Crippen molar-refractivity contribution in [1.29, 1.82) is 0 Å². The Morgan fingerprint density at radius 1 is 1.53 bits per heavy atom. The second kappa shape index (κ2) is 7.40. The van der Waals surface area contributed by atoms with Gasteiger partial charge in [0.05, 0.1) is 4.91 Å². The summed E-state index contributed by atoms with van der Waals surface area (Å²) < 4.78 is 5.11. The summed E-state index contributed by atoms with van der Waals surface area (Å²) in [7, 11) is 0. The number of carbonyl (C=O) groups is 2. The summed E-state index contributed by atoms with van der Waals surface area (Å²) in [6, 6.07) is 0. The lowest BCUT2D eigenvalue weighted by atomic mass is 10.2. The smallest absolute Gasteiger partial charge is 0.407 e. The van der Waals surface area contributed by atoms with Crippen molar-refractivity contribution in [2.24, 2.45) is 0 Å². The van der Waals surface area contributed by atoms with E-state index < -0.39 is 11.7 Å². The molecule has 0 bridgehead atoms. The van der Waals surface area contributed by atoms with Crippen molar-refractivity contribution in [3.8, 4) is 0 Å². The first-order chi connectivity index (χ1) is 8.90. The third-order valence-corrected chi connectivity index (χ3v) is 3.12. The minimum absolute atomic E-state index is 0.0294. The Bertz CT molecular complexity index is 353. The summed E-state index contributed by atoms with van der Waals surface area (Å²) in [5, 5.41) is 8.94. The summed E-state index contributed by atoms with van der Waals surface area (Å²) >= 11 is 1.44. The summed E-state index contributed by atoms with van der Waals surface area (Å²) in [6.45, 7) is 6.77. The molecule has 1 amide bonds. The summed E-state index contributed by atoms with van der Waals surface area (Å²) in [4.78, 5) is 22.5. The van der Waals surface area contributed by atoms with Gasteiger partial charge in [-0.3, -0.25) is 10.1 Å². The van der Waals surface area contributed by atoms with Gasteiger partial charge in [-0.15, -0.1) is 0 Å². The van der Waals surface area contributed by atoms with Crippen LogP contribution in [-0.2, 0) is 9.53 Å². The van der Waals surface area contributed by atoms with E-state index in [1.165, 1.54) is 11.8 Å². The third kappa shape index (κ3) is 7.07. The van der Waals surface area contributed by atoms with Gasteiger partial charge < -0.3 is 15.4 Å². The van der Waals surface area contributed by atoms with Crippen LogP contribution in [0.3, 0.4) is 0 Å². The van der Waals surface area contributed by atoms with E-state index in [1.54, 1.807) is 6.20 Å². The largest absolute Gasteiger partial charge is 0.444 e. The molecule has 3 N–H and O–H groups in total. The number of thioether (sulfide) groups is 1. The first kappa shape index (κ1) is 15.8. The lowest BCUT2D eigenvalue weighted by molar-refractivity contribution is -0.104. The second-order valence-corrected chi connectivity index (χ2v) is 6.24. The summed E-state index contributed by atoms with van der Waals surface area (Å²) in [5.41, 5.74) is -0.439. The molecule has 0 fully saturated rings. The third-order valence-electron chi connectivity index (χ3n) is 2.10. The summed E-state index contributed by atoms with van der Waals surface area (Å²) in [5.74, 6) is 0. The second-order valence-electron chi connectivity index (χ2n) is 5.07. The van der Waals surface area contributed by atoms with E-state index >= 15 is 0 Å². The van der Waals surface area contributed by atoms with Gasteiger partial charge in [-0.25, -0.2) is 4.79 Å². The van der Waals surface area contributed by atoms with Crippen LogP contribution in [0.1, 0.15) is 27.2 Å². The molecule has 1 aliphatic rings. The van der Waals surface area contributed by atoms with Crippen molar-refractivity contribution >= 4 is 24.1 Å². The molecule has 0 radical (unpaired) electrons. The van der Waals surface area contributed by atoms with Gasteiger partial charge >= 0.3 is 6.09 Å². The highest BCUT2D eigenvalue weighted by Crippen LogP contribution is 2.21. The van der Waals surface area contributed by atoms with Gasteiger partial charge in [-0.1, -0.05) is 11.8 Å². The van der Waals surface area contributed by atoms with E-state index in [0.29, 0.717) is 11.4 Å². The van der Waals surface area contributed by atoms with E-state index in [2.05, 4.69) is 16.0 Å². The Balaban J connectivity index is 2.00. The molecule has 6 nitrogen and oxygen atoms in total. The Hall–Kier alpha value is -1.21. The average molecular weight is 287 g/mol. The van der Waals surface area contributed by atoms with Gasteiger partial charge in [0.15, 0.2) is 6.29 Å². The highest BCUT2D eigenvalue weighted by Gasteiger charge is 2.16. The molecule has 0 saturated heterocycles. The van der Waals surface area contributed by atoms with E-state index in [4.69, 9.17) is 4.74 Å². The molecule has 0 saturated carbocycles. The predicted molar refractivity (Wildman–Crippen MR) is 75.5 cm³/mol. The van der Waals surface area contributed by atoms with Gasteiger partial charge in [0.25, 0.3) is 0 Å². The highest BCUT2D eigenvalue weighted by molar-refractivity contribution is 8.04. The number of aldehydes is 1. The van der Waals surface area contributed by atoms with Crippen LogP contribution in [0.4, 0.5) is 4.79 Å². The average Bonchev–Trinajstić information content (AvgIpc) is 2.74. The highest BCUT2D eigenvalue weighted by atomic mass is 32.2. The Labute approximate surface area is 117 Å². The normalized spacial score (nSPS) is 18.5. The van der Waals surface area contributed by atoms with Crippen molar-refractivity contribution in [3.63, 3.8) is 0 Å². The minimum atomic E-state index is -0.469. The van der Waals surface area contributed by atoms with Gasteiger partial charge in [-0.05, 0) is 33.7 Å². The van der Waals surface area contributed by atoms with Crippen molar-refractivity contribution < 1.29 is 14.3 Å². The van der Waals surface area contributed by atoms with Gasteiger partial charge in [-0.2, -0.15) is 0 Å². The number of ether oxygens (including phenoxy) is 1. The Morgan fingerprint density at radius 3 is 2.84 bits per heavy atom. The van der Waals surface area contributed by atoms with Crippen molar-refractivity contribution in [1.82, 2.24) is 16.0 Å². The van der Waals surface area contributed by atoms with Crippen LogP contribution in [0.5, 0.6) is 0 Å². The fraction of sp³-hybridized carbons (Fsp3) is 0.667. The van der Waals surface area contributed by atoms with E-state index in [-0.39, 0.29) is 5.50 Å². The van der Waals surface area contributed by atoms with Crippen LogP contribution in [-0.4, -0.2) is 36.6 Å². The summed E-state index contributed by atoms with van der Waals surface area (Å²) in [6.07, 6.45) is 2.90. The maximum Gasteiger partial charge on any atom is 0.407 e. The Kier molecular flexibility index (Phi) is 6.17. The van der Waals surface area contributed by atoms with Gasteiger partial charge in [0, 0.05) is 12.7 Å². The number of hydrogen-bond acceptors (Lipinski definition) is 6. The molecule has 1 unspecified atom stereocenters. The van der Waals surface area contributed by atoms with Crippen molar-refractivity contribution in [2.45, 2.75) is 38.3 Å². The topological polar surface area (TPSA) is 79.5 Å². The van der Waals surface area contributed by atoms with Crippen LogP contribution < -0.4 is 16.0 Å². The van der Waals surface area contributed by atoms with Crippen molar-refractivity contribution in [3.05, 3.63) is 11.1 Å². The zero-order valence-corrected chi connectivity index (χ0v) is 12.3. The lowest BCUT2D eigenvalue weighted by Gasteiger charge is -2.19. The maximum atomic E-state index is 11.3. The number of alkyl carbamates (subject to hydrolysis) is 1. The zero-order chi connectivity index (χ0) is 14.3. The molecule has 7 heteroatoms. The maximum absolute atomic E-state index is 11.3. The molecule has 1 heterocycles. The zero-order valence-electron chi connectivity index (χ0n) is 11.5. The number of nitrogens with one attached hydrogen (secondary N) is 3. The lowest BCUT2D eigenvalue weighted by Crippen LogP contribution is -2.37. The quantitative estimate of drug-likeness (QED) is 0.502. The number of allylic oxidation sites excluding steroid dienone is 1. The predicted octanol–water partition coefficient (Wildman–Crippen LogP) is 1.15. The molecule has 0 aromatic rings. The molecule has 1 aliphatic heterocycles. The van der Waals surface area contributed by atoms with Gasteiger partial charge in [0.2, 0.25) is 0 Å². The molecule has 108 valence electrons. The Morgan fingerprint density at radius 2 is 2.26 bits per heavy atom. The number of hydrogen-bond donors (Lipinski definition) is 3. The number of rotatable bonds is 6. The van der Waals surface area contributed by atoms with E-state index in [0.717, 1.165) is 19.3 Å². The molecule has 0 spiro atoms. The molecule has 1 atom stereocenters. The number of amides is 1. The number of carbonyl (C=O) groups excluding carboxylic acids is 2. The van der Waals surface area contributed by atoms with Crippen LogP contribution >= 0.6 is 11.8 Å². The standard InChI is InChI=1S/C12H21N3O3S/c1-12(2,3)18-11(17)14-6-4-5-13-10-15-7-9(8-16)19-10/h7-8,10,13,15H,4-6H2,1-3H3,(H,14,17). The van der Waals surface area contributed by atoms with Crippen LogP contribution in [0.15, 0.2) is 11.1 Å². The van der Waals surface area contributed by atoms with Crippen LogP contribution in [0.2, 0.25) is 0 Å². The molecule has 0 aromatic carbocycles. The fourth-order valence-corrected chi connectivity index (χ4v) is 2.15. The minimum Gasteiger partial charge on any atom is -0.444 e. The molecule has 0 aliphatic carbocycles. The van der Waals surface area contributed by atoms with E-state index in [9.17, 15) is 9.59 Å². The molecule has 0 aromatic heterocycles. The monoisotopic (exact) mass is 287 g/mol.